The summed E-state index contributed by atoms with van der Waals surface area (Å²) in [6.07, 6.45) is 3.47. The molecule has 2 heterocycles. The van der Waals surface area contributed by atoms with Crippen LogP contribution in [0.5, 0.6) is 0 Å². The van der Waals surface area contributed by atoms with Crippen molar-refractivity contribution in [1.29, 1.82) is 0 Å². The van der Waals surface area contributed by atoms with Crippen LogP contribution in [0.4, 0.5) is 0 Å². The normalized spacial score (nSPS) is 20.7. The number of nitrogens with zero attached hydrogens (tertiary/aromatic N) is 2. The summed E-state index contributed by atoms with van der Waals surface area (Å²) in [7, 11) is 2.20. The van der Waals surface area contributed by atoms with Crippen LogP contribution >= 0.6 is 11.3 Å². The second-order valence-electron chi connectivity index (χ2n) is 5.32. The molecule has 1 aliphatic heterocycles. The number of hydrogen-bond acceptors (Lipinski definition) is 4. The Balaban J connectivity index is 2.06. The Kier molecular flexibility index (Phi) is 4.17. The summed E-state index contributed by atoms with van der Waals surface area (Å²) in [6, 6.07) is 0.236. The van der Waals surface area contributed by atoms with E-state index in [1.54, 1.807) is 0 Å². The van der Waals surface area contributed by atoms with Gasteiger partial charge in [0.1, 0.15) is 0 Å². The molecule has 96 valence electrons. The Hall–Kier alpha value is -0.450. The molecule has 4 heteroatoms. The third-order valence-corrected chi connectivity index (χ3v) is 4.83. The van der Waals surface area contributed by atoms with Gasteiger partial charge in [0.25, 0.3) is 0 Å². The molecule has 1 fully saturated rings. The zero-order valence-corrected chi connectivity index (χ0v) is 11.9. The first-order valence-corrected chi connectivity index (χ1v) is 7.28. The van der Waals surface area contributed by atoms with E-state index >= 15 is 0 Å². The first kappa shape index (κ1) is 13.0. The Morgan fingerprint density at radius 3 is 2.71 bits per heavy atom. The highest BCUT2D eigenvalue weighted by atomic mass is 32.1. The second kappa shape index (κ2) is 5.46. The first-order valence-electron chi connectivity index (χ1n) is 6.46. The monoisotopic (exact) mass is 253 g/mol. The number of nitrogens with two attached hydrogens (primary N) is 1. The third kappa shape index (κ3) is 3.27. The Morgan fingerprint density at radius 1 is 1.47 bits per heavy atom. The van der Waals surface area contributed by atoms with Crippen LogP contribution < -0.4 is 5.73 Å². The van der Waals surface area contributed by atoms with Crippen LogP contribution in [0.1, 0.15) is 41.3 Å². The van der Waals surface area contributed by atoms with Crippen LogP contribution in [0.3, 0.4) is 0 Å². The first-order chi connectivity index (χ1) is 8.06. The molecular formula is C13H23N3S. The molecular weight excluding hydrogens is 230 g/mol. The molecule has 0 spiro atoms. The number of thiazole rings is 1. The van der Waals surface area contributed by atoms with Crippen LogP contribution in [0.15, 0.2) is 0 Å². The third-order valence-electron chi connectivity index (χ3n) is 3.48. The maximum Gasteiger partial charge on any atom is 0.0962 e. The molecule has 1 aromatic rings. The maximum atomic E-state index is 5.87. The van der Waals surface area contributed by atoms with Gasteiger partial charge in [0, 0.05) is 16.8 Å². The molecule has 2 N–H and O–H groups in total. The minimum Gasteiger partial charge on any atom is -0.328 e. The molecule has 1 saturated heterocycles. The molecule has 0 amide bonds. The lowest BCUT2D eigenvalue weighted by atomic mass is 9.98. The molecule has 1 aliphatic rings. The van der Waals surface area contributed by atoms with Crippen molar-refractivity contribution < 1.29 is 0 Å². The van der Waals surface area contributed by atoms with E-state index in [9.17, 15) is 0 Å². The fraction of sp³-hybridized carbons (Fsp3) is 0.769. The second-order valence-corrected chi connectivity index (χ2v) is 6.43. The maximum absolute atomic E-state index is 5.87. The Bertz CT molecular complexity index is 365. The molecule has 1 aromatic heterocycles. The molecule has 2 rings (SSSR count). The molecule has 0 aliphatic carbocycles. The number of likely N-dealkylation sites (tertiary alicyclic amines) is 1. The van der Waals surface area contributed by atoms with E-state index in [1.165, 1.54) is 41.5 Å². The molecule has 0 bridgehead atoms. The lowest BCUT2D eigenvalue weighted by Gasteiger charge is -2.27. The Labute approximate surface area is 108 Å². The van der Waals surface area contributed by atoms with E-state index < -0.39 is 0 Å². The molecule has 0 aromatic carbocycles. The smallest absolute Gasteiger partial charge is 0.0962 e. The zero-order valence-electron chi connectivity index (χ0n) is 11.1. The van der Waals surface area contributed by atoms with Gasteiger partial charge in [-0.3, -0.25) is 0 Å². The van der Waals surface area contributed by atoms with Crippen molar-refractivity contribution >= 4 is 11.3 Å². The summed E-state index contributed by atoms with van der Waals surface area (Å²) < 4.78 is 0. The van der Waals surface area contributed by atoms with Gasteiger partial charge in [-0.05, 0) is 53.2 Å². The van der Waals surface area contributed by atoms with Crippen molar-refractivity contribution in [2.75, 3.05) is 20.1 Å². The SMILES string of the molecule is Cc1nc(C2CCN(C)CC2)sc1CC(C)N. The fourth-order valence-corrected chi connectivity index (χ4v) is 3.74. The van der Waals surface area contributed by atoms with Gasteiger partial charge in [-0.25, -0.2) is 4.98 Å². The molecule has 0 saturated carbocycles. The van der Waals surface area contributed by atoms with E-state index in [0.717, 1.165) is 6.42 Å². The van der Waals surface area contributed by atoms with Crippen LogP contribution in [-0.4, -0.2) is 36.1 Å². The van der Waals surface area contributed by atoms with Gasteiger partial charge in [-0.15, -0.1) is 11.3 Å². The van der Waals surface area contributed by atoms with Gasteiger partial charge in [-0.2, -0.15) is 0 Å². The van der Waals surface area contributed by atoms with Crippen LogP contribution in [0.2, 0.25) is 0 Å². The number of hydrogen-bond donors (Lipinski definition) is 1. The molecule has 17 heavy (non-hydrogen) atoms. The summed E-state index contributed by atoms with van der Waals surface area (Å²) in [5, 5.41) is 1.34. The van der Waals surface area contributed by atoms with Gasteiger partial charge in [-0.1, -0.05) is 0 Å². The lowest BCUT2D eigenvalue weighted by Crippen LogP contribution is -2.29. The minimum atomic E-state index is 0.236. The number of rotatable bonds is 3. The van der Waals surface area contributed by atoms with Gasteiger partial charge in [0.05, 0.1) is 10.7 Å². The summed E-state index contributed by atoms with van der Waals surface area (Å²) in [4.78, 5) is 8.54. The van der Waals surface area contributed by atoms with Crippen molar-refractivity contribution in [1.82, 2.24) is 9.88 Å². The fourth-order valence-electron chi connectivity index (χ4n) is 2.36. The highest BCUT2D eigenvalue weighted by Gasteiger charge is 2.22. The predicted molar refractivity (Wildman–Crippen MR) is 73.7 cm³/mol. The summed E-state index contributed by atoms with van der Waals surface area (Å²) in [6.45, 7) is 6.58. The minimum absolute atomic E-state index is 0.236. The highest BCUT2D eigenvalue weighted by molar-refractivity contribution is 7.11. The van der Waals surface area contributed by atoms with Crippen LogP contribution in [-0.2, 0) is 6.42 Å². The number of piperidine rings is 1. The average Bonchev–Trinajstić information content (AvgIpc) is 2.60. The highest BCUT2D eigenvalue weighted by Crippen LogP contribution is 2.32. The van der Waals surface area contributed by atoms with Gasteiger partial charge in [0.2, 0.25) is 0 Å². The topological polar surface area (TPSA) is 42.2 Å². The van der Waals surface area contributed by atoms with Crippen LogP contribution in [0, 0.1) is 6.92 Å². The molecule has 3 nitrogen and oxygen atoms in total. The largest absolute Gasteiger partial charge is 0.328 e. The molecule has 1 atom stereocenters. The van der Waals surface area contributed by atoms with Gasteiger partial charge < -0.3 is 10.6 Å². The van der Waals surface area contributed by atoms with Gasteiger partial charge in [0.15, 0.2) is 0 Å². The van der Waals surface area contributed by atoms with E-state index in [0.29, 0.717) is 5.92 Å². The van der Waals surface area contributed by atoms with Crippen molar-refractivity contribution in [2.45, 2.75) is 45.1 Å². The van der Waals surface area contributed by atoms with E-state index in [4.69, 9.17) is 10.7 Å². The van der Waals surface area contributed by atoms with Gasteiger partial charge >= 0.3 is 0 Å². The van der Waals surface area contributed by atoms with Crippen molar-refractivity contribution in [3.8, 4) is 0 Å². The predicted octanol–water partition coefficient (Wildman–Crippen LogP) is 2.15. The summed E-state index contributed by atoms with van der Waals surface area (Å²) in [5.41, 5.74) is 7.07. The lowest BCUT2D eigenvalue weighted by molar-refractivity contribution is 0.255. The number of aryl methyl sites for hydroxylation is 1. The van der Waals surface area contributed by atoms with E-state index in [1.807, 2.05) is 11.3 Å². The van der Waals surface area contributed by atoms with E-state index in [2.05, 4.69) is 25.8 Å². The summed E-state index contributed by atoms with van der Waals surface area (Å²) >= 11 is 1.89. The van der Waals surface area contributed by atoms with Crippen molar-refractivity contribution in [3.05, 3.63) is 15.6 Å². The molecule has 0 radical (unpaired) electrons. The summed E-state index contributed by atoms with van der Waals surface area (Å²) in [5.74, 6) is 0.678. The quantitative estimate of drug-likeness (QED) is 0.897. The Morgan fingerprint density at radius 2 is 2.12 bits per heavy atom. The van der Waals surface area contributed by atoms with Crippen molar-refractivity contribution in [2.24, 2.45) is 5.73 Å². The zero-order chi connectivity index (χ0) is 12.4. The standard InChI is InChI=1S/C13H23N3S/c1-9(14)8-12-10(2)15-13(17-12)11-4-6-16(3)7-5-11/h9,11H,4-8,14H2,1-3H3. The number of aromatic nitrogens is 1. The van der Waals surface area contributed by atoms with Crippen LogP contribution in [0.25, 0.3) is 0 Å². The van der Waals surface area contributed by atoms with E-state index in [-0.39, 0.29) is 6.04 Å². The van der Waals surface area contributed by atoms with Crippen molar-refractivity contribution in [3.63, 3.8) is 0 Å². The molecule has 1 unspecified atom stereocenters. The average molecular weight is 253 g/mol.